The first-order chi connectivity index (χ1) is 13.6. The number of anilines is 1. The Hall–Kier alpha value is -3.52. The quantitative estimate of drug-likeness (QED) is 0.339. The normalized spacial score (nSPS) is 11.4. The molecule has 0 aliphatic rings. The summed E-state index contributed by atoms with van der Waals surface area (Å²) in [5.74, 6) is 0. The van der Waals surface area contributed by atoms with E-state index in [0.29, 0.717) is 0 Å². The number of benzene rings is 4. The Bertz CT molecular complexity index is 1320. The summed E-state index contributed by atoms with van der Waals surface area (Å²) < 4.78 is 6.22. The molecule has 1 aromatic heterocycles. The van der Waals surface area contributed by atoms with Gasteiger partial charge in [0, 0.05) is 22.0 Å². The molecule has 0 aliphatic carbocycles. The molecule has 5 aromatic rings. The number of fused-ring (bicyclic) bond motifs is 3. The van der Waals surface area contributed by atoms with Gasteiger partial charge in [0.25, 0.3) is 0 Å². The van der Waals surface area contributed by atoms with Crippen LogP contribution in [0.25, 0.3) is 44.2 Å². The van der Waals surface area contributed by atoms with E-state index in [0.717, 1.165) is 49.9 Å². The van der Waals surface area contributed by atoms with Crippen LogP contribution in [-0.2, 0) is 0 Å². The minimum absolute atomic E-state index is 0.868. The van der Waals surface area contributed by atoms with Crippen molar-refractivity contribution < 1.29 is 4.42 Å². The van der Waals surface area contributed by atoms with E-state index in [4.69, 9.17) is 10.2 Å². The summed E-state index contributed by atoms with van der Waals surface area (Å²) >= 11 is 0. The third-order valence-electron chi connectivity index (χ3n) is 5.50. The zero-order valence-electron chi connectivity index (χ0n) is 16.0. The van der Waals surface area contributed by atoms with Crippen LogP contribution < -0.4 is 5.73 Å². The van der Waals surface area contributed by atoms with Crippen molar-refractivity contribution >= 4 is 27.6 Å². The van der Waals surface area contributed by atoms with Crippen LogP contribution in [0.1, 0.15) is 11.1 Å². The fourth-order valence-electron chi connectivity index (χ4n) is 3.98. The van der Waals surface area contributed by atoms with Crippen LogP contribution in [0, 0.1) is 13.8 Å². The smallest absolute Gasteiger partial charge is 0.143 e. The van der Waals surface area contributed by atoms with Gasteiger partial charge in [-0.05, 0) is 65.9 Å². The molecule has 5 rings (SSSR count). The van der Waals surface area contributed by atoms with E-state index in [1.54, 1.807) is 0 Å². The van der Waals surface area contributed by atoms with Crippen molar-refractivity contribution in [3.8, 4) is 22.3 Å². The summed E-state index contributed by atoms with van der Waals surface area (Å²) in [4.78, 5) is 0. The second kappa shape index (κ2) is 6.28. The van der Waals surface area contributed by atoms with Gasteiger partial charge in [-0.3, -0.25) is 0 Å². The number of furan rings is 1. The van der Waals surface area contributed by atoms with Gasteiger partial charge in [0.1, 0.15) is 11.2 Å². The number of nitrogens with two attached hydrogens (primary N) is 1. The van der Waals surface area contributed by atoms with Crippen LogP contribution >= 0.6 is 0 Å². The maximum atomic E-state index is 6.22. The lowest BCUT2D eigenvalue weighted by atomic mass is 9.95. The molecule has 2 nitrogen and oxygen atoms in total. The SMILES string of the molecule is Cc1cc(-c2cccc(-c3cccc4c3oc3ccccc34)c2)cc(C)c1N. The summed E-state index contributed by atoms with van der Waals surface area (Å²) in [6, 6.07) is 27.5. The predicted octanol–water partition coefficient (Wildman–Crippen LogP) is 7.12. The largest absolute Gasteiger partial charge is 0.455 e. The number of para-hydroxylation sites is 2. The van der Waals surface area contributed by atoms with Gasteiger partial charge in [0.15, 0.2) is 0 Å². The third-order valence-corrected chi connectivity index (χ3v) is 5.50. The Kier molecular flexibility index (Phi) is 3.73. The van der Waals surface area contributed by atoms with Crippen molar-refractivity contribution in [3.63, 3.8) is 0 Å². The molecular weight excluding hydrogens is 342 g/mol. The molecule has 0 unspecified atom stereocenters. The summed E-state index contributed by atoms with van der Waals surface area (Å²) in [6.45, 7) is 4.12. The van der Waals surface area contributed by atoms with Gasteiger partial charge in [0.05, 0.1) is 0 Å². The van der Waals surface area contributed by atoms with Crippen LogP contribution in [-0.4, -0.2) is 0 Å². The first-order valence-corrected chi connectivity index (χ1v) is 9.49. The lowest BCUT2D eigenvalue weighted by Gasteiger charge is -2.11. The molecule has 0 aliphatic heterocycles. The summed E-state index contributed by atoms with van der Waals surface area (Å²) in [6.07, 6.45) is 0. The summed E-state index contributed by atoms with van der Waals surface area (Å²) in [7, 11) is 0. The molecule has 0 amide bonds. The molecule has 0 bridgehead atoms. The van der Waals surface area contributed by atoms with E-state index in [1.165, 1.54) is 11.1 Å². The van der Waals surface area contributed by atoms with Crippen LogP contribution in [0.15, 0.2) is 83.3 Å². The topological polar surface area (TPSA) is 39.2 Å². The standard InChI is InChI=1S/C26H21NO/c1-16-13-20(14-17(2)25(16)27)18-7-5-8-19(15-18)21-10-6-11-23-22-9-3-4-12-24(22)28-26(21)23/h3-15H,27H2,1-2H3. The third kappa shape index (κ3) is 2.57. The molecule has 28 heavy (non-hydrogen) atoms. The molecule has 0 saturated heterocycles. The molecule has 0 fully saturated rings. The van der Waals surface area contributed by atoms with Crippen LogP contribution in [0.3, 0.4) is 0 Å². The second-order valence-electron chi connectivity index (χ2n) is 7.39. The average molecular weight is 363 g/mol. The summed E-state index contributed by atoms with van der Waals surface area (Å²) in [5.41, 5.74) is 15.7. The van der Waals surface area contributed by atoms with Crippen molar-refractivity contribution in [2.45, 2.75) is 13.8 Å². The molecular formula is C26H21NO. The number of nitrogen functional groups attached to an aromatic ring is 1. The van der Waals surface area contributed by atoms with Gasteiger partial charge in [-0.15, -0.1) is 0 Å². The molecule has 1 heterocycles. The van der Waals surface area contributed by atoms with Crippen LogP contribution in [0.5, 0.6) is 0 Å². The lowest BCUT2D eigenvalue weighted by Crippen LogP contribution is -1.94. The molecule has 2 heteroatoms. The van der Waals surface area contributed by atoms with Crippen molar-refractivity contribution in [1.82, 2.24) is 0 Å². The van der Waals surface area contributed by atoms with Gasteiger partial charge in [-0.1, -0.05) is 54.6 Å². The Morgan fingerprint density at radius 3 is 2.14 bits per heavy atom. The van der Waals surface area contributed by atoms with Crippen LogP contribution in [0.4, 0.5) is 5.69 Å². The minimum Gasteiger partial charge on any atom is -0.455 e. The first-order valence-electron chi connectivity index (χ1n) is 9.49. The number of hydrogen-bond acceptors (Lipinski definition) is 2. The monoisotopic (exact) mass is 363 g/mol. The molecule has 4 aromatic carbocycles. The van der Waals surface area contributed by atoms with Crippen molar-refractivity contribution in [2.24, 2.45) is 0 Å². The fraction of sp³-hybridized carbons (Fsp3) is 0.0769. The van der Waals surface area contributed by atoms with E-state index < -0.39 is 0 Å². The van der Waals surface area contributed by atoms with Gasteiger partial charge in [0.2, 0.25) is 0 Å². The van der Waals surface area contributed by atoms with E-state index in [1.807, 2.05) is 12.1 Å². The molecule has 2 N–H and O–H groups in total. The molecule has 0 radical (unpaired) electrons. The predicted molar refractivity (Wildman–Crippen MR) is 118 cm³/mol. The van der Waals surface area contributed by atoms with Gasteiger partial charge >= 0.3 is 0 Å². The highest BCUT2D eigenvalue weighted by Crippen LogP contribution is 2.37. The molecule has 0 saturated carbocycles. The average Bonchev–Trinajstić information content (AvgIpc) is 3.10. The Morgan fingerprint density at radius 2 is 1.32 bits per heavy atom. The zero-order chi connectivity index (χ0) is 19.3. The van der Waals surface area contributed by atoms with Crippen molar-refractivity contribution in [3.05, 3.63) is 90.0 Å². The highest BCUT2D eigenvalue weighted by molar-refractivity contribution is 6.09. The first kappa shape index (κ1) is 16.6. The number of hydrogen-bond donors (Lipinski definition) is 1. The molecule has 0 atom stereocenters. The van der Waals surface area contributed by atoms with Crippen LogP contribution in [0.2, 0.25) is 0 Å². The fourth-order valence-corrected chi connectivity index (χ4v) is 3.98. The summed E-state index contributed by atoms with van der Waals surface area (Å²) in [5, 5.41) is 2.30. The highest BCUT2D eigenvalue weighted by Gasteiger charge is 2.12. The van der Waals surface area contributed by atoms with Gasteiger partial charge < -0.3 is 10.2 Å². The lowest BCUT2D eigenvalue weighted by molar-refractivity contribution is 0.670. The molecule has 0 spiro atoms. The zero-order valence-corrected chi connectivity index (χ0v) is 16.0. The van der Waals surface area contributed by atoms with E-state index in [9.17, 15) is 0 Å². The van der Waals surface area contributed by atoms with Gasteiger partial charge in [-0.2, -0.15) is 0 Å². The van der Waals surface area contributed by atoms with E-state index in [-0.39, 0.29) is 0 Å². The maximum Gasteiger partial charge on any atom is 0.143 e. The Labute approximate surface area is 164 Å². The second-order valence-corrected chi connectivity index (χ2v) is 7.39. The Balaban J connectivity index is 1.70. The molecule has 136 valence electrons. The highest BCUT2D eigenvalue weighted by atomic mass is 16.3. The van der Waals surface area contributed by atoms with Crippen molar-refractivity contribution in [1.29, 1.82) is 0 Å². The minimum atomic E-state index is 0.868. The number of rotatable bonds is 2. The number of aryl methyl sites for hydroxylation is 2. The maximum absolute atomic E-state index is 6.22. The van der Waals surface area contributed by atoms with E-state index in [2.05, 4.69) is 80.6 Å². The van der Waals surface area contributed by atoms with Crippen molar-refractivity contribution in [2.75, 3.05) is 5.73 Å². The van der Waals surface area contributed by atoms with E-state index >= 15 is 0 Å². The Morgan fingerprint density at radius 1 is 0.643 bits per heavy atom. The van der Waals surface area contributed by atoms with Gasteiger partial charge in [-0.25, -0.2) is 0 Å².